The average Bonchev–Trinajstić information content (AvgIpc) is 2.68. The van der Waals surface area contributed by atoms with Crippen molar-refractivity contribution >= 4 is 33.2 Å². The number of carbonyl (C=O) groups excluding carboxylic acids is 1. The predicted octanol–water partition coefficient (Wildman–Crippen LogP) is 5.78. The highest BCUT2D eigenvalue weighted by molar-refractivity contribution is 9.10. The summed E-state index contributed by atoms with van der Waals surface area (Å²) in [6.07, 6.45) is 0.715. The van der Waals surface area contributed by atoms with E-state index in [2.05, 4.69) is 40.3 Å². The molecule has 0 bridgehead atoms. The minimum atomic E-state index is -0.262. The van der Waals surface area contributed by atoms with Crippen LogP contribution in [0.4, 0.5) is 11.4 Å². The van der Waals surface area contributed by atoms with Gasteiger partial charge in [-0.05, 0) is 53.9 Å². The molecular weight excluding hydrogens is 388 g/mol. The molecular formula is C22H19BrN2O. The molecule has 0 saturated carbocycles. The van der Waals surface area contributed by atoms with E-state index in [-0.39, 0.29) is 12.1 Å². The molecule has 3 aromatic carbocycles. The molecule has 4 heteroatoms. The number of benzene rings is 3. The quantitative estimate of drug-likeness (QED) is 0.597. The molecule has 0 radical (unpaired) electrons. The van der Waals surface area contributed by atoms with Crippen LogP contribution in [-0.4, -0.2) is 5.91 Å². The van der Waals surface area contributed by atoms with E-state index in [1.54, 1.807) is 0 Å². The lowest BCUT2D eigenvalue weighted by Gasteiger charge is -2.38. The first-order valence-corrected chi connectivity index (χ1v) is 9.50. The molecule has 1 heterocycles. The van der Waals surface area contributed by atoms with Crippen LogP contribution in [0.15, 0.2) is 77.3 Å². The molecule has 130 valence electrons. The molecule has 3 aromatic rings. The number of aryl methyl sites for hydroxylation is 1. The van der Waals surface area contributed by atoms with Gasteiger partial charge in [0.15, 0.2) is 0 Å². The summed E-state index contributed by atoms with van der Waals surface area (Å²) in [5.41, 5.74) is 4.73. The molecule has 1 aliphatic rings. The highest BCUT2D eigenvalue weighted by Gasteiger charge is 2.33. The van der Waals surface area contributed by atoms with Crippen molar-refractivity contribution in [1.82, 2.24) is 0 Å². The fourth-order valence-corrected chi connectivity index (χ4v) is 3.74. The van der Waals surface area contributed by atoms with E-state index >= 15 is 0 Å². The lowest BCUT2D eigenvalue weighted by Crippen LogP contribution is -2.43. The number of hydrogen-bond acceptors (Lipinski definition) is 2. The lowest BCUT2D eigenvalue weighted by atomic mass is 10.0. The Morgan fingerprint density at radius 2 is 1.77 bits per heavy atom. The van der Waals surface area contributed by atoms with Crippen LogP contribution in [0.1, 0.15) is 34.6 Å². The van der Waals surface area contributed by atoms with E-state index in [9.17, 15) is 4.79 Å². The summed E-state index contributed by atoms with van der Waals surface area (Å²) >= 11 is 3.54. The van der Waals surface area contributed by atoms with Gasteiger partial charge in [0.05, 0.1) is 5.56 Å². The lowest BCUT2D eigenvalue weighted by molar-refractivity contribution is 0.0975. The predicted molar refractivity (Wildman–Crippen MR) is 110 cm³/mol. The smallest absolute Gasteiger partial charge is 0.262 e. The summed E-state index contributed by atoms with van der Waals surface area (Å²) in [6.45, 7) is 2.13. The highest BCUT2D eigenvalue weighted by Crippen LogP contribution is 2.37. The second kappa shape index (κ2) is 6.96. The third-order valence-electron chi connectivity index (χ3n) is 4.71. The Bertz CT molecular complexity index is 952. The van der Waals surface area contributed by atoms with Crippen molar-refractivity contribution in [1.29, 1.82) is 0 Å². The van der Waals surface area contributed by atoms with Gasteiger partial charge in [-0.25, -0.2) is 0 Å². The summed E-state index contributed by atoms with van der Waals surface area (Å²) in [7, 11) is 0. The SMILES string of the molecule is CCc1ccc(N2C(=O)c3ccccc3NC2c2cccc(Br)c2)cc1. The van der Waals surface area contributed by atoms with Gasteiger partial charge in [-0.3, -0.25) is 9.69 Å². The first kappa shape index (κ1) is 16.9. The number of nitrogens with zero attached hydrogens (tertiary/aromatic N) is 1. The number of rotatable bonds is 3. The third kappa shape index (κ3) is 3.01. The maximum atomic E-state index is 13.3. The summed E-state index contributed by atoms with van der Waals surface area (Å²) in [5.74, 6) is 0.00794. The number of para-hydroxylation sites is 1. The molecule has 1 N–H and O–H groups in total. The maximum absolute atomic E-state index is 13.3. The fourth-order valence-electron chi connectivity index (χ4n) is 3.32. The molecule has 0 saturated heterocycles. The highest BCUT2D eigenvalue weighted by atomic mass is 79.9. The van der Waals surface area contributed by atoms with E-state index in [4.69, 9.17) is 0 Å². The van der Waals surface area contributed by atoms with Crippen molar-refractivity contribution in [3.05, 3.63) is 94.0 Å². The van der Waals surface area contributed by atoms with Crippen LogP contribution in [0.25, 0.3) is 0 Å². The van der Waals surface area contributed by atoms with Crippen LogP contribution < -0.4 is 10.2 Å². The number of fused-ring (bicyclic) bond motifs is 1. The van der Waals surface area contributed by atoms with Gasteiger partial charge in [0.2, 0.25) is 0 Å². The van der Waals surface area contributed by atoms with Gasteiger partial charge in [0.25, 0.3) is 5.91 Å². The van der Waals surface area contributed by atoms with Crippen LogP contribution >= 0.6 is 15.9 Å². The van der Waals surface area contributed by atoms with Crippen LogP contribution in [0.5, 0.6) is 0 Å². The average molecular weight is 407 g/mol. The maximum Gasteiger partial charge on any atom is 0.262 e. The van der Waals surface area contributed by atoms with Crippen molar-refractivity contribution in [2.45, 2.75) is 19.5 Å². The first-order valence-electron chi connectivity index (χ1n) is 8.71. The molecule has 0 fully saturated rings. The normalized spacial score (nSPS) is 16.2. The Morgan fingerprint density at radius 1 is 1.00 bits per heavy atom. The van der Waals surface area contributed by atoms with E-state index in [1.807, 2.05) is 65.6 Å². The summed E-state index contributed by atoms with van der Waals surface area (Å²) in [4.78, 5) is 15.2. The number of anilines is 2. The number of nitrogens with one attached hydrogen (secondary N) is 1. The van der Waals surface area contributed by atoms with Crippen molar-refractivity contribution in [2.24, 2.45) is 0 Å². The van der Waals surface area contributed by atoms with Crippen LogP contribution in [0.3, 0.4) is 0 Å². The van der Waals surface area contributed by atoms with Gasteiger partial charge >= 0.3 is 0 Å². The topological polar surface area (TPSA) is 32.3 Å². The summed E-state index contributed by atoms with van der Waals surface area (Å²) in [5, 5.41) is 3.53. The minimum absolute atomic E-state index is 0.00794. The molecule has 0 aromatic heterocycles. The molecule has 1 atom stereocenters. The fraction of sp³-hybridized carbons (Fsp3) is 0.136. The molecule has 3 nitrogen and oxygen atoms in total. The van der Waals surface area contributed by atoms with Gasteiger partial charge in [-0.2, -0.15) is 0 Å². The van der Waals surface area contributed by atoms with E-state index in [0.29, 0.717) is 5.56 Å². The van der Waals surface area contributed by atoms with Gasteiger partial charge in [0.1, 0.15) is 6.17 Å². The number of amides is 1. The van der Waals surface area contributed by atoms with Crippen LogP contribution in [0, 0.1) is 0 Å². The van der Waals surface area contributed by atoms with Crippen LogP contribution in [-0.2, 0) is 6.42 Å². The molecule has 1 unspecified atom stereocenters. The van der Waals surface area contributed by atoms with E-state index < -0.39 is 0 Å². The monoisotopic (exact) mass is 406 g/mol. The number of hydrogen-bond donors (Lipinski definition) is 1. The molecule has 0 aliphatic carbocycles. The van der Waals surface area contributed by atoms with Crippen molar-refractivity contribution in [2.75, 3.05) is 10.2 Å². The van der Waals surface area contributed by atoms with Gasteiger partial charge in [-0.15, -0.1) is 0 Å². The second-order valence-corrected chi connectivity index (χ2v) is 7.26. The van der Waals surface area contributed by atoms with Crippen LogP contribution in [0.2, 0.25) is 0 Å². The van der Waals surface area contributed by atoms with Crippen molar-refractivity contribution in [3.63, 3.8) is 0 Å². The van der Waals surface area contributed by atoms with Gasteiger partial charge < -0.3 is 5.32 Å². The standard InChI is InChI=1S/C22H19BrN2O/c1-2-15-10-12-18(13-11-15)25-21(16-6-5-7-17(23)14-16)24-20-9-4-3-8-19(20)22(25)26/h3-14,21,24H,2H2,1H3. The van der Waals surface area contributed by atoms with E-state index in [1.165, 1.54) is 5.56 Å². The molecule has 1 amide bonds. The molecule has 26 heavy (non-hydrogen) atoms. The molecule has 4 rings (SSSR count). The third-order valence-corrected chi connectivity index (χ3v) is 5.21. The largest absolute Gasteiger partial charge is 0.360 e. The summed E-state index contributed by atoms with van der Waals surface area (Å²) < 4.78 is 0.990. The van der Waals surface area contributed by atoms with Gasteiger partial charge in [-0.1, -0.05) is 59.3 Å². The van der Waals surface area contributed by atoms with Gasteiger partial charge in [0, 0.05) is 15.8 Å². The van der Waals surface area contributed by atoms with Crippen molar-refractivity contribution < 1.29 is 4.79 Å². The zero-order valence-electron chi connectivity index (χ0n) is 14.4. The second-order valence-electron chi connectivity index (χ2n) is 6.34. The van der Waals surface area contributed by atoms with E-state index in [0.717, 1.165) is 27.8 Å². The number of halogens is 1. The Hall–Kier alpha value is -2.59. The number of carbonyl (C=O) groups is 1. The first-order chi connectivity index (χ1) is 12.7. The minimum Gasteiger partial charge on any atom is -0.360 e. The summed E-state index contributed by atoms with van der Waals surface area (Å²) in [6, 6.07) is 24.0. The zero-order valence-corrected chi connectivity index (χ0v) is 16.0. The molecule has 0 spiro atoms. The zero-order chi connectivity index (χ0) is 18.1. The molecule has 1 aliphatic heterocycles. The Labute approximate surface area is 161 Å². The Morgan fingerprint density at radius 3 is 2.50 bits per heavy atom. The van der Waals surface area contributed by atoms with Crippen molar-refractivity contribution in [3.8, 4) is 0 Å². The Balaban J connectivity index is 1.84. The Kier molecular flexibility index (Phi) is 4.51.